The van der Waals surface area contributed by atoms with Crippen molar-refractivity contribution in [3.63, 3.8) is 0 Å². The Hall–Kier alpha value is -1.04. The van der Waals surface area contributed by atoms with E-state index in [-0.39, 0.29) is 31.1 Å². The molecule has 0 amide bonds. The SMILES string of the molecule is CSc1ccc([C@H](O)[C@H](CO)NC(C)CCc2ccccc2)cc1.Cl. The maximum Gasteiger partial charge on any atom is 0.0965 e. The largest absolute Gasteiger partial charge is 0.395 e. The number of rotatable bonds is 9. The molecule has 0 radical (unpaired) electrons. The molecule has 0 aliphatic heterocycles. The predicted molar refractivity (Wildman–Crippen MR) is 109 cm³/mol. The lowest BCUT2D eigenvalue weighted by molar-refractivity contribution is 0.0838. The normalized spacial score (nSPS) is 14.4. The highest BCUT2D eigenvalue weighted by atomic mass is 35.5. The molecule has 5 heteroatoms. The van der Waals surface area contributed by atoms with E-state index in [9.17, 15) is 10.2 Å². The van der Waals surface area contributed by atoms with Gasteiger partial charge in [0, 0.05) is 10.9 Å². The Morgan fingerprint density at radius 2 is 1.68 bits per heavy atom. The summed E-state index contributed by atoms with van der Waals surface area (Å²) in [6.45, 7) is 2.00. The van der Waals surface area contributed by atoms with Crippen molar-refractivity contribution in [2.45, 2.75) is 42.8 Å². The number of aliphatic hydroxyl groups excluding tert-OH is 2. The van der Waals surface area contributed by atoms with Crippen LogP contribution in [0.5, 0.6) is 0 Å². The van der Waals surface area contributed by atoms with Gasteiger partial charge in [0.1, 0.15) is 0 Å². The van der Waals surface area contributed by atoms with Gasteiger partial charge in [-0.25, -0.2) is 0 Å². The number of thioether (sulfide) groups is 1. The number of halogens is 1. The van der Waals surface area contributed by atoms with Gasteiger partial charge in [0.2, 0.25) is 0 Å². The second-order valence-corrected chi connectivity index (χ2v) is 6.98. The summed E-state index contributed by atoms with van der Waals surface area (Å²) in [6.07, 6.45) is 3.24. The fourth-order valence-electron chi connectivity index (χ4n) is 2.75. The summed E-state index contributed by atoms with van der Waals surface area (Å²) in [4.78, 5) is 1.16. The minimum absolute atomic E-state index is 0. The third kappa shape index (κ3) is 7.00. The first kappa shape index (κ1) is 22.0. The molecular formula is C20H28ClNO2S. The lowest BCUT2D eigenvalue weighted by atomic mass is 10.0. The van der Waals surface area contributed by atoms with Gasteiger partial charge < -0.3 is 15.5 Å². The van der Waals surface area contributed by atoms with Crippen LogP contribution in [0.2, 0.25) is 0 Å². The number of aryl methyl sites for hydroxylation is 1. The van der Waals surface area contributed by atoms with E-state index < -0.39 is 6.10 Å². The van der Waals surface area contributed by atoms with Crippen molar-refractivity contribution in [2.75, 3.05) is 12.9 Å². The number of hydrogen-bond donors (Lipinski definition) is 3. The van der Waals surface area contributed by atoms with Crippen molar-refractivity contribution < 1.29 is 10.2 Å². The Morgan fingerprint density at radius 3 is 2.24 bits per heavy atom. The number of benzene rings is 2. The molecule has 0 saturated heterocycles. The fraction of sp³-hybridized carbons (Fsp3) is 0.400. The van der Waals surface area contributed by atoms with Crippen LogP contribution in [0, 0.1) is 0 Å². The maximum atomic E-state index is 10.5. The monoisotopic (exact) mass is 381 g/mol. The Kier molecular flexibility index (Phi) is 10.2. The van der Waals surface area contributed by atoms with Crippen LogP contribution >= 0.6 is 24.2 Å². The van der Waals surface area contributed by atoms with Gasteiger partial charge in [-0.2, -0.15) is 0 Å². The van der Waals surface area contributed by atoms with Gasteiger partial charge in [-0.15, -0.1) is 24.2 Å². The van der Waals surface area contributed by atoms with E-state index in [1.54, 1.807) is 11.8 Å². The molecular weight excluding hydrogens is 354 g/mol. The molecule has 1 unspecified atom stereocenters. The molecule has 0 fully saturated rings. The molecule has 0 aliphatic rings. The summed E-state index contributed by atoms with van der Waals surface area (Å²) in [7, 11) is 0. The molecule has 3 nitrogen and oxygen atoms in total. The van der Waals surface area contributed by atoms with Crippen molar-refractivity contribution in [2.24, 2.45) is 0 Å². The van der Waals surface area contributed by atoms with Crippen LogP contribution in [0.4, 0.5) is 0 Å². The van der Waals surface area contributed by atoms with Gasteiger partial charge in [-0.1, -0.05) is 42.5 Å². The van der Waals surface area contributed by atoms with Gasteiger partial charge in [0.25, 0.3) is 0 Å². The maximum absolute atomic E-state index is 10.5. The van der Waals surface area contributed by atoms with E-state index in [0.29, 0.717) is 0 Å². The van der Waals surface area contributed by atoms with Crippen LogP contribution in [-0.4, -0.2) is 35.2 Å². The van der Waals surface area contributed by atoms with Gasteiger partial charge in [0.05, 0.1) is 18.8 Å². The fourth-order valence-corrected chi connectivity index (χ4v) is 3.16. The molecule has 0 bridgehead atoms. The molecule has 0 saturated carbocycles. The highest BCUT2D eigenvalue weighted by Crippen LogP contribution is 2.21. The minimum atomic E-state index is -0.718. The first-order chi connectivity index (χ1) is 11.6. The van der Waals surface area contributed by atoms with E-state index in [0.717, 1.165) is 23.3 Å². The molecule has 2 rings (SSSR count). The topological polar surface area (TPSA) is 52.5 Å². The van der Waals surface area contributed by atoms with E-state index in [1.165, 1.54) is 5.56 Å². The lowest BCUT2D eigenvalue weighted by Crippen LogP contribution is -2.43. The third-order valence-corrected chi connectivity index (χ3v) is 4.99. The molecule has 138 valence electrons. The van der Waals surface area contributed by atoms with E-state index in [4.69, 9.17) is 0 Å². The van der Waals surface area contributed by atoms with Crippen molar-refractivity contribution >= 4 is 24.2 Å². The smallest absolute Gasteiger partial charge is 0.0965 e. The Balaban J connectivity index is 0.00000312. The predicted octanol–water partition coefficient (Wildman–Crippen LogP) is 3.84. The molecule has 2 aromatic rings. The second-order valence-electron chi connectivity index (χ2n) is 6.10. The second kappa shape index (κ2) is 11.6. The molecule has 0 aromatic heterocycles. The summed E-state index contributed by atoms with van der Waals surface area (Å²) in [6, 6.07) is 18.1. The molecule has 2 aromatic carbocycles. The van der Waals surface area contributed by atoms with E-state index in [1.807, 2.05) is 48.7 Å². The lowest BCUT2D eigenvalue weighted by Gasteiger charge is -2.26. The van der Waals surface area contributed by atoms with Crippen molar-refractivity contribution in [1.82, 2.24) is 5.32 Å². The average molecular weight is 382 g/mol. The zero-order valence-electron chi connectivity index (χ0n) is 14.8. The zero-order valence-corrected chi connectivity index (χ0v) is 16.4. The Morgan fingerprint density at radius 1 is 1.04 bits per heavy atom. The van der Waals surface area contributed by atoms with Gasteiger partial charge in [0.15, 0.2) is 0 Å². The Labute approximate surface area is 161 Å². The Bertz CT molecular complexity index is 594. The molecule has 3 N–H and O–H groups in total. The van der Waals surface area contributed by atoms with Crippen molar-refractivity contribution in [3.8, 4) is 0 Å². The highest BCUT2D eigenvalue weighted by Gasteiger charge is 2.21. The molecule has 0 spiro atoms. The first-order valence-corrected chi connectivity index (χ1v) is 9.59. The van der Waals surface area contributed by atoms with E-state index >= 15 is 0 Å². The minimum Gasteiger partial charge on any atom is -0.395 e. The zero-order chi connectivity index (χ0) is 17.4. The van der Waals surface area contributed by atoms with Gasteiger partial charge >= 0.3 is 0 Å². The number of nitrogens with one attached hydrogen (secondary N) is 1. The van der Waals surface area contributed by atoms with Gasteiger partial charge in [-0.05, 0) is 49.3 Å². The highest BCUT2D eigenvalue weighted by molar-refractivity contribution is 7.98. The summed E-state index contributed by atoms with van der Waals surface area (Å²) >= 11 is 1.67. The first-order valence-electron chi connectivity index (χ1n) is 8.37. The third-order valence-electron chi connectivity index (χ3n) is 4.24. The van der Waals surface area contributed by atoms with Crippen LogP contribution in [0.25, 0.3) is 0 Å². The number of hydrogen-bond acceptors (Lipinski definition) is 4. The quantitative estimate of drug-likeness (QED) is 0.578. The molecule has 0 aliphatic carbocycles. The van der Waals surface area contributed by atoms with Crippen molar-refractivity contribution in [3.05, 3.63) is 65.7 Å². The standard InChI is InChI=1S/C20H27NO2S.ClH/c1-15(8-9-16-6-4-3-5-7-16)21-19(14-22)20(23)17-10-12-18(24-2)13-11-17;/h3-7,10-13,15,19-23H,8-9,14H2,1-2H3;1H/t15?,19-,20-;/m0./s1. The summed E-state index contributed by atoms with van der Waals surface area (Å²) < 4.78 is 0. The van der Waals surface area contributed by atoms with Crippen LogP contribution in [0.3, 0.4) is 0 Å². The summed E-state index contributed by atoms with van der Waals surface area (Å²) in [5, 5.41) is 23.6. The van der Waals surface area contributed by atoms with Crippen molar-refractivity contribution in [1.29, 1.82) is 0 Å². The van der Waals surface area contributed by atoms with E-state index in [2.05, 4.69) is 24.4 Å². The molecule has 25 heavy (non-hydrogen) atoms. The van der Waals surface area contributed by atoms with Gasteiger partial charge in [-0.3, -0.25) is 0 Å². The van der Waals surface area contributed by atoms with Crippen LogP contribution in [0.15, 0.2) is 59.5 Å². The summed E-state index contributed by atoms with van der Waals surface area (Å²) in [5.41, 5.74) is 2.13. The van der Waals surface area contributed by atoms with Crippen LogP contribution in [0.1, 0.15) is 30.6 Å². The molecule has 0 heterocycles. The summed E-state index contributed by atoms with van der Waals surface area (Å²) in [5.74, 6) is 0. The average Bonchev–Trinajstić information content (AvgIpc) is 2.64. The molecule has 3 atom stereocenters. The van der Waals surface area contributed by atoms with Crippen LogP contribution in [-0.2, 0) is 6.42 Å². The number of aliphatic hydroxyl groups is 2. The van der Waals surface area contributed by atoms with Crippen LogP contribution < -0.4 is 5.32 Å².